The molecular weight excluding hydrogens is 471 g/mol. The molecule has 6 rings (SSSR count). The second-order valence-electron chi connectivity index (χ2n) is 9.20. The predicted octanol–water partition coefficient (Wildman–Crippen LogP) is 4.89. The molecule has 0 saturated carbocycles. The van der Waals surface area contributed by atoms with Gasteiger partial charge in [-0.1, -0.05) is 6.08 Å². The van der Waals surface area contributed by atoms with Crippen molar-refractivity contribution in [2.45, 2.75) is 19.3 Å². The smallest absolute Gasteiger partial charge is 0.272 e. The minimum atomic E-state index is -0.339. The summed E-state index contributed by atoms with van der Waals surface area (Å²) in [7, 11) is 0. The number of fused-ring (bicyclic) bond motifs is 1. The number of halogens is 1. The molecule has 0 bridgehead atoms. The number of carbonyl (C=O) groups excluding carboxylic acids is 1. The number of benzene rings is 1. The highest BCUT2D eigenvalue weighted by Gasteiger charge is 2.34. The van der Waals surface area contributed by atoms with Gasteiger partial charge in [-0.15, -0.1) is 0 Å². The summed E-state index contributed by atoms with van der Waals surface area (Å²) >= 11 is 0. The van der Waals surface area contributed by atoms with Gasteiger partial charge in [-0.2, -0.15) is 5.10 Å². The van der Waals surface area contributed by atoms with Crippen molar-refractivity contribution in [3.8, 4) is 11.6 Å². The Bertz CT molecular complexity index is 1410. The van der Waals surface area contributed by atoms with E-state index in [2.05, 4.69) is 42.9 Å². The molecule has 8 nitrogen and oxygen atoms in total. The Morgan fingerprint density at radius 3 is 2.68 bits per heavy atom. The maximum absolute atomic E-state index is 13.1. The quantitative estimate of drug-likeness (QED) is 0.505. The summed E-state index contributed by atoms with van der Waals surface area (Å²) in [5.74, 6) is 0.0124. The molecule has 3 aliphatic rings. The molecule has 1 aliphatic carbocycles. The Labute approximate surface area is 213 Å². The highest BCUT2D eigenvalue weighted by Crippen LogP contribution is 2.35. The van der Waals surface area contributed by atoms with Crippen LogP contribution in [0.15, 0.2) is 84.0 Å². The minimum absolute atomic E-state index is 0.163. The summed E-state index contributed by atoms with van der Waals surface area (Å²) < 4.78 is 18.7. The van der Waals surface area contributed by atoms with Gasteiger partial charge in [-0.25, -0.2) is 9.37 Å². The lowest BCUT2D eigenvalue weighted by molar-refractivity contribution is -0.110. The molecule has 1 aromatic carbocycles. The molecule has 2 N–H and O–H groups in total. The summed E-state index contributed by atoms with van der Waals surface area (Å²) in [6.45, 7) is 2.12. The van der Waals surface area contributed by atoms with Gasteiger partial charge in [0, 0.05) is 31.0 Å². The Morgan fingerprint density at radius 1 is 1.05 bits per heavy atom. The van der Waals surface area contributed by atoms with Crippen LogP contribution < -0.4 is 20.4 Å². The maximum atomic E-state index is 13.1. The molecule has 0 spiro atoms. The number of aromatic nitrogens is 2. The van der Waals surface area contributed by atoms with Crippen LogP contribution in [0.1, 0.15) is 24.8 Å². The van der Waals surface area contributed by atoms with Crippen LogP contribution in [-0.2, 0) is 4.79 Å². The van der Waals surface area contributed by atoms with Crippen LogP contribution in [0.25, 0.3) is 5.57 Å². The van der Waals surface area contributed by atoms with E-state index in [1.165, 1.54) is 43.3 Å². The number of nitrogens with one attached hydrogen (secondary N) is 2. The fourth-order valence-electron chi connectivity index (χ4n) is 4.77. The second-order valence-corrected chi connectivity index (χ2v) is 9.20. The summed E-state index contributed by atoms with van der Waals surface area (Å²) in [6.07, 6.45) is 12.4. The molecule has 9 heteroatoms. The molecule has 1 atom stereocenters. The number of pyridine rings is 2. The number of ether oxygens (including phenoxy) is 1. The van der Waals surface area contributed by atoms with Crippen molar-refractivity contribution in [1.82, 2.24) is 15.4 Å². The average Bonchev–Trinajstić information content (AvgIpc) is 3.61. The molecule has 37 heavy (non-hydrogen) atoms. The number of hydrogen-bond donors (Lipinski definition) is 2. The second kappa shape index (κ2) is 9.85. The highest BCUT2D eigenvalue weighted by atomic mass is 19.1. The fourth-order valence-corrected chi connectivity index (χ4v) is 4.77. The van der Waals surface area contributed by atoms with Crippen LogP contribution in [0, 0.1) is 11.7 Å². The summed E-state index contributed by atoms with van der Waals surface area (Å²) in [6, 6.07) is 11.2. The topological polar surface area (TPSA) is 91.7 Å². The summed E-state index contributed by atoms with van der Waals surface area (Å²) in [4.78, 5) is 24.2. The van der Waals surface area contributed by atoms with E-state index in [-0.39, 0.29) is 17.6 Å². The van der Waals surface area contributed by atoms with Crippen molar-refractivity contribution in [1.29, 1.82) is 0 Å². The zero-order valence-electron chi connectivity index (χ0n) is 20.0. The molecule has 3 aromatic rings. The lowest BCUT2D eigenvalue weighted by Gasteiger charge is -2.22. The van der Waals surface area contributed by atoms with Crippen LogP contribution in [-0.4, -0.2) is 34.7 Å². The fraction of sp³-hybridized carbons (Fsp3) is 0.214. The van der Waals surface area contributed by atoms with E-state index in [4.69, 9.17) is 4.74 Å². The first-order valence-electron chi connectivity index (χ1n) is 12.3. The minimum Gasteiger partial charge on any atom is -0.439 e. The van der Waals surface area contributed by atoms with Gasteiger partial charge in [-0.3, -0.25) is 15.2 Å². The van der Waals surface area contributed by atoms with Crippen molar-refractivity contribution >= 4 is 28.6 Å². The van der Waals surface area contributed by atoms with E-state index in [1.54, 1.807) is 12.1 Å². The number of carbonyl (C=O) groups is 1. The first-order chi connectivity index (χ1) is 18.1. The standard InChI is InChI=1S/C28H25FN6O2/c29-20-4-7-23(8-5-20)37-26-10-6-21(16-31-26)32-28(36)27-24-14-18(3-9-25(24)33-34-27)19-13-22(17-30-15-19)35-11-1-2-12-35/h3-10,13,15-17,24,33H,1-2,11-12,14H2,(H,32,36). The largest absolute Gasteiger partial charge is 0.439 e. The van der Waals surface area contributed by atoms with Crippen LogP contribution >= 0.6 is 0 Å². The van der Waals surface area contributed by atoms with Crippen LogP contribution in [0.2, 0.25) is 0 Å². The Balaban J connectivity index is 1.11. The van der Waals surface area contributed by atoms with E-state index in [9.17, 15) is 9.18 Å². The van der Waals surface area contributed by atoms with Gasteiger partial charge in [0.15, 0.2) is 0 Å². The van der Waals surface area contributed by atoms with Crippen LogP contribution in [0.3, 0.4) is 0 Å². The number of anilines is 2. The average molecular weight is 497 g/mol. The number of hydrogen-bond acceptors (Lipinski definition) is 7. The number of hydrazone groups is 1. The Kier molecular flexibility index (Phi) is 6.10. The molecule has 2 aliphatic heterocycles. The van der Waals surface area contributed by atoms with Crippen LogP contribution in [0.5, 0.6) is 11.6 Å². The third-order valence-electron chi connectivity index (χ3n) is 6.73. The lowest BCUT2D eigenvalue weighted by Crippen LogP contribution is -2.29. The van der Waals surface area contributed by atoms with Crippen molar-refractivity contribution < 1.29 is 13.9 Å². The number of nitrogens with zero attached hydrogens (tertiary/aromatic N) is 4. The van der Waals surface area contributed by atoms with Gasteiger partial charge >= 0.3 is 0 Å². The number of allylic oxidation sites excluding steroid dienone is 4. The zero-order chi connectivity index (χ0) is 25.2. The molecule has 4 heterocycles. The third-order valence-corrected chi connectivity index (χ3v) is 6.73. The highest BCUT2D eigenvalue weighted by molar-refractivity contribution is 6.44. The van der Waals surface area contributed by atoms with Crippen molar-refractivity contribution in [2.24, 2.45) is 11.0 Å². The van der Waals surface area contributed by atoms with E-state index in [1.807, 2.05) is 18.5 Å². The first kappa shape index (κ1) is 22.9. The summed E-state index contributed by atoms with van der Waals surface area (Å²) in [5, 5.41) is 7.19. The van der Waals surface area contributed by atoms with Crippen molar-refractivity contribution in [2.75, 3.05) is 23.3 Å². The molecule has 1 amide bonds. The lowest BCUT2D eigenvalue weighted by atomic mass is 9.85. The number of rotatable bonds is 6. The normalized spacial score (nSPS) is 18.4. The maximum Gasteiger partial charge on any atom is 0.272 e. The van der Waals surface area contributed by atoms with E-state index < -0.39 is 0 Å². The van der Waals surface area contributed by atoms with Crippen molar-refractivity contribution in [3.63, 3.8) is 0 Å². The third kappa shape index (κ3) is 4.93. The zero-order valence-corrected chi connectivity index (χ0v) is 20.0. The molecule has 186 valence electrons. The Hall–Kier alpha value is -4.53. The monoisotopic (exact) mass is 496 g/mol. The SMILES string of the molecule is O=C(Nc1ccc(Oc2ccc(F)cc2)nc1)C1=NNC2=CC=C(c3cncc(N4CCCC4)c3)CC21. The van der Waals surface area contributed by atoms with Crippen LogP contribution in [0.4, 0.5) is 15.8 Å². The molecular formula is C28H25FN6O2. The molecule has 1 unspecified atom stereocenters. The van der Waals surface area contributed by atoms with E-state index >= 15 is 0 Å². The molecule has 2 aromatic heterocycles. The van der Waals surface area contributed by atoms with Crippen molar-refractivity contribution in [3.05, 3.63) is 90.3 Å². The summed E-state index contributed by atoms with van der Waals surface area (Å²) in [5.41, 5.74) is 8.17. The van der Waals surface area contributed by atoms with Gasteiger partial charge < -0.3 is 15.0 Å². The molecule has 0 radical (unpaired) electrons. The Morgan fingerprint density at radius 2 is 1.89 bits per heavy atom. The van der Waals surface area contributed by atoms with Gasteiger partial charge in [-0.05, 0) is 72.9 Å². The van der Waals surface area contributed by atoms with Gasteiger partial charge in [0.05, 0.1) is 29.7 Å². The first-order valence-corrected chi connectivity index (χ1v) is 12.3. The van der Waals surface area contributed by atoms with Gasteiger partial charge in [0.1, 0.15) is 17.3 Å². The predicted molar refractivity (Wildman–Crippen MR) is 140 cm³/mol. The molecule has 1 saturated heterocycles. The van der Waals surface area contributed by atoms with E-state index in [0.717, 1.165) is 35.6 Å². The molecule has 1 fully saturated rings. The van der Waals surface area contributed by atoms with Gasteiger partial charge in [0.25, 0.3) is 5.91 Å². The van der Waals surface area contributed by atoms with E-state index in [0.29, 0.717) is 29.4 Å². The van der Waals surface area contributed by atoms with Gasteiger partial charge in [0.2, 0.25) is 5.88 Å². The number of amides is 1.